The molecule has 4 rings (SSSR count). The zero-order chi connectivity index (χ0) is 24.8. The molecule has 3 heterocycles. The fraction of sp³-hybridized carbons (Fsp3) is 0.560. The van der Waals surface area contributed by atoms with Gasteiger partial charge in [-0.1, -0.05) is 11.6 Å². The Morgan fingerprint density at radius 2 is 1.94 bits per heavy atom. The lowest BCUT2D eigenvalue weighted by Gasteiger charge is -2.43. The van der Waals surface area contributed by atoms with Gasteiger partial charge in [0.2, 0.25) is 11.8 Å². The molecule has 190 valence electrons. The number of imidazole rings is 1. The zero-order valence-corrected chi connectivity index (χ0v) is 21.2. The van der Waals surface area contributed by atoms with Gasteiger partial charge in [-0.25, -0.2) is 4.98 Å². The number of piperazine rings is 1. The van der Waals surface area contributed by atoms with Gasteiger partial charge in [0.05, 0.1) is 25.9 Å². The van der Waals surface area contributed by atoms with Crippen LogP contribution in [0.4, 0.5) is 0 Å². The van der Waals surface area contributed by atoms with Gasteiger partial charge in [-0.2, -0.15) is 0 Å². The molecule has 2 aliphatic rings. The Hall–Kier alpha value is -2.62. The van der Waals surface area contributed by atoms with E-state index in [0.717, 1.165) is 18.7 Å². The van der Waals surface area contributed by atoms with E-state index in [1.54, 1.807) is 23.5 Å². The first-order valence-corrected chi connectivity index (χ1v) is 12.4. The quantitative estimate of drug-likeness (QED) is 0.548. The van der Waals surface area contributed by atoms with Crippen LogP contribution in [0.1, 0.15) is 18.4 Å². The van der Waals surface area contributed by atoms with Crippen molar-refractivity contribution >= 4 is 23.4 Å². The number of aromatic nitrogens is 2. The molecule has 0 spiro atoms. The maximum Gasteiger partial charge on any atom is 0.225 e. The molecule has 2 fully saturated rings. The molecular formula is C25H34ClN5O4. The van der Waals surface area contributed by atoms with E-state index in [4.69, 9.17) is 21.1 Å². The summed E-state index contributed by atoms with van der Waals surface area (Å²) in [4.78, 5) is 36.3. The molecule has 9 nitrogen and oxygen atoms in total. The third-order valence-electron chi connectivity index (χ3n) is 6.70. The Morgan fingerprint density at radius 3 is 2.66 bits per heavy atom. The molecule has 0 aliphatic carbocycles. The van der Waals surface area contributed by atoms with Crippen molar-refractivity contribution in [1.29, 1.82) is 0 Å². The van der Waals surface area contributed by atoms with Crippen molar-refractivity contribution < 1.29 is 19.1 Å². The topological polar surface area (TPSA) is 80.1 Å². The van der Waals surface area contributed by atoms with E-state index in [0.29, 0.717) is 56.5 Å². The fourth-order valence-corrected chi connectivity index (χ4v) is 4.59. The standard InChI is InChI=1S/C25H34ClN5O4/c1-20-15-21(3-4-22(20)26)34-18-25(16-24(33)30-11-9-28(2)10-12-30)17-31(13-14-35-25)23(32)5-7-29-8-6-27-19-29/h3-4,6,8,15,19H,5,7,9-14,16-18H2,1-2H3. The smallest absolute Gasteiger partial charge is 0.225 e. The third kappa shape index (κ3) is 6.74. The predicted molar refractivity (Wildman–Crippen MR) is 132 cm³/mol. The number of carbonyl (C=O) groups excluding carboxylic acids is 2. The second kappa shape index (κ2) is 11.4. The number of nitrogens with zero attached hydrogens (tertiary/aromatic N) is 5. The summed E-state index contributed by atoms with van der Waals surface area (Å²) in [6.45, 7) is 6.87. The highest BCUT2D eigenvalue weighted by Crippen LogP contribution is 2.28. The van der Waals surface area contributed by atoms with Gasteiger partial charge in [-0.3, -0.25) is 9.59 Å². The van der Waals surface area contributed by atoms with Gasteiger partial charge >= 0.3 is 0 Å². The molecule has 10 heteroatoms. The van der Waals surface area contributed by atoms with Crippen LogP contribution in [0.25, 0.3) is 0 Å². The molecule has 1 aromatic carbocycles. The number of morpholine rings is 1. The second-order valence-corrected chi connectivity index (χ2v) is 9.86. The SMILES string of the molecule is Cc1cc(OCC2(CC(=O)N3CCN(C)CC3)CN(C(=O)CCn3ccnc3)CCO2)ccc1Cl. The molecule has 0 bridgehead atoms. The van der Waals surface area contributed by atoms with Crippen LogP contribution in [0.3, 0.4) is 0 Å². The fourth-order valence-electron chi connectivity index (χ4n) is 4.47. The number of benzene rings is 1. The van der Waals surface area contributed by atoms with Crippen LogP contribution in [0, 0.1) is 6.92 Å². The number of carbonyl (C=O) groups is 2. The Morgan fingerprint density at radius 1 is 1.14 bits per heavy atom. The van der Waals surface area contributed by atoms with Crippen LogP contribution in [0.2, 0.25) is 5.02 Å². The lowest BCUT2D eigenvalue weighted by Crippen LogP contribution is -2.59. The molecule has 1 unspecified atom stereocenters. The van der Waals surface area contributed by atoms with Gasteiger partial charge in [0.15, 0.2) is 0 Å². The van der Waals surface area contributed by atoms with E-state index < -0.39 is 5.60 Å². The van der Waals surface area contributed by atoms with Crippen molar-refractivity contribution in [3.05, 3.63) is 47.5 Å². The van der Waals surface area contributed by atoms with Crippen LogP contribution in [-0.2, 0) is 20.9 Å². The maximum atomic E-state index is 13.3. The van der Waals surface area contributed by atoms with E-state index in [9.17, 15) is 9.59 Å². The van der Waals surface area contributed by atoms with Crippen molar-refractivity contribution in [2.45, 2.75) is 31.9 Å². The molecule has 0 N–H and O–H groups in total. The molecule has 0 radical (unpaired) electrons. The van der Waals surface area contributed by atoms with Gasteiger partial charge in [0.1, 0.15) is 18.0 Å². The minimum Gasteiger partial charge on any atom is -0.490 e. The van der Waals surface area contributed by atoms with Gasteiger partial charge in [-0.15, -0.1) is 0 Å². The van der Waals surface area contributed by atoms with Crippen LogP contribution in [0.5, 0.6) is 5.75 Å². The molecular weight excluding hydrogens is 470 g/mol. The largest absolute Gasteiger partial charge is 0.490 e. The number of amides is 2. The summed E-state index contributed by atoms with van der Waals surface area (Å²) < 4.78 is 14.2. The van der Waals surface area contributed by atoms with E-state index in [1.807, 2.05) is 34.7 Å². The van der Waals surface area contributed by atoms with E-state index in [2.05, 4.69) is 16.9 Å². The third-order valence-corrected chi connectivity index (χ3v) is 7.13. The second-order valence-electron chi connectivity index (χ2n) is 9.46. The van der Waals surface area contributed by atoms with E-state index >= 15 is 0 Å². The first-order valence-electron chi connectivity index (χ1n) is 12.1. The molecule has 2 saturated heterocycles. The highest BCUT2D eigenvalue weighted by molar-refractivity contribution is 6.31. The van der Waals surface area contributed by atoms with Crippen LogP contribution in [0.15, 0.2) is 36.9 Å². The summed E-state index contributed by atoms with van der Waals surface area (Å²) in [5.41, 5.74) is -0.00994. The van der Waals surface area contributed by atoms with Crippen molar-refractivity contribution in [2.75, 3.05) is 59.5 Å². The van der Waals surface area contributed by atoms with Crippen LogP contribution >= 0.6 is 11.6 Å². The number of likely N-dealkylation sites (N-methyl/N-ethyl adjacent to an activating group) is 1. The van der Waals surface area contributed by atoms with Gasteiger partial charge < -0.3 is 28.7 Å². The predicted octanol–water partition coefficient (Wildman–Crippen LogP) is 2.08. The molecule has 1 atom stereocenters. The monoisotopic (exact) mass is 503 g/mol. The molecule has 1 aromatic heterocycles. The number of rotatable bonds is 8. The Labute approximate surface area is 211 Å². The number of hydrogen-bond acceptors (Lipinski definition) is 6. The molecule has 0 saturated carbocycles. The zero-order valence-electron chi connectivity index (χ0n) is 20.5. The van der Waals surface area contributed by atoms with E-state index in [-0.39, 0.29) is 24.8 Å². The minimum atomic E-state index is -0.920. The van der Waals surface area contributed by atoms with Crippen molar-refractivity contribution in [3.8, 4) is 5.75 Å². The number of halogens is 1. The van der Waals surface area contributed by atoms with E-state index in [1.165, 1.54) is 0 Å². The Kier molecular flexibility index (Phi) is 8.30. The summed E-state index contributed by atoms with van der Waals surface area (Å²) in [6, 6.07) is 5.47. The van der Waals surface area contributed by atoms with Gasteiger partial charge in [0, 0.05) is 63.1 Å². The first kappa shape index (κ1) is 25.5. The van der Waals surface area contributed by atoms with Crippen molar-refractivity contribution in [3.63, 3.8) is 0 Å². The van der Waals surface area contributed by atoms with Gasteiger partial charge in [0.25, 0.3) is 0 Å². The number of aryl methyl sites for hydroxylation is 2. The van der Waals surface area contributed by atoms with Crippen LogP contribution < -0.4 is 4.74 Å². The average Bonchev–Trinajstić information content (AvgIpc) is 3.38. The van der Waals surface area contributed by atoms with Crippen molar-refractivity contribution in [2.24, 2.45) is 0 Å². The van der Waals surface area contributed by atoms with Gasteiger partial charge in [-0.05, 0) is 37.7 Å². The highest BCUT2D eigenvalue weighted by atomic mass is 35.5. The number of ether oxygens (including phenoxy) is 2. The Bertz CT molecular complexity index is 1010. The average molecular weight is 504 g/mol. The lowest BCUT2D eigenvalue weighted by molar-refractivity contribution is -0.166. The summed E-state index contributed by atoms with van der Waals surface area (Å²) in [7, 11) is 2.06. The highest BCUT2D eigenvalue weighted by Gasteiger charge is 2.42. The molecule has 2 amide bonds. The number of hydrogen-bond donors (Lipinski definition) is 0. The molecule has 35 heavy (non-hydrogen) atoms. The minimum absolute atomic E-state index is 0.0285. The Balaban J connectivity index is 1.46. The first-order chi connectivity index (χ1) is 16.8. The summed E-state index contributed by atoms with van der Waals surface area (Å²) in [5, 5.41) is 0.667. The summed E-state index contributed by atoms with van der Waals surface area (Å²) in [5.74, 6) is 0.716. The lowest BCUT2D eigenvalue weighted by atomic mass is 9.96. The summed E-state index contributed by atoms with van der Waals surface area (Å²) in [6.07, 6.45) is 5.76. The van der Waals surface area contributed by atoms with Crippen LogP contribution in [-0.4, -0.2) is 101 Å². The summed E-state index contributed by atoms with van der Waals surface area (Å²) >= 11 is 6.16. The normalized spacial score (nSPS) is 21.2. The maximum absolute atomic E-state index is 13.3. The molecule has 2 aromatic rings. The van der Waals surface area contributed by atoms with Crippen molar-refractivity contribution in [1.82, 2.24) is 24.3 Å². The molecule has 2 aliphatic heterocycles.